The fourth-order valence-electron chi connectivity index (χ4n) is 1.08. The standard InChI is InChI=1S/C8H14N2O2S/c1-3-10-7-9-5-8(10)6-13(11,12)4-2/h5,7H,3-4,6H2,1-2H3. The highest BCUT2D eigenvalue weighted by atomic mass is 32.2. The number of rotatable bonds is 4. The van der Waals surface area contributed by atoms with Crippen LogP contribution in [0.4, 0.5) is 0 Å². The van der Waals surface area contributed by atoms with Crippen LogP contribution in [0.2, 0.25) is 0 Å². The number of aromatic nitrogens is 2. The molecule has 0 radical (unpaired) electrons. The van der Waals surface area contributed by atoms with E-state index in [0.29, 0.717) is 0 Å². The third-order valence-corrected chi connectivity index (χ3v) is 3.56. The number of sulfone groups is 1. The number of hydrogen-bond acceptors (Lipinski definition) is 3. The Labute approximate surface area is 78.5 Å². The SMILES string of the molecule is CCn1cncc1CS(=O)(=O)CC. The van der Waals surface area contributed by atoms with Crippen LogP contribution < -0.4 is 0 Å². The van der Waals surface area contributed by atoms with Crippen LogP contribution >= 0.6 is 0 Å². The van der Waals surface area contributed by atoms with Crippen molar-refractivity contribution in [3.05, 3.63) is 18.2 Å². The molecule has 0 spiro atoms. The molecule has 0 aliphatic rings. The van der Waals surface area contributed by atoms with Crippen molar-refractivity contribution < 1.29 is 8.42 Å². The zero-order valence-corrected chi connectivity index (χ0v) is 8.71. The van der Waals surface area contributed by atoms with Crippen molar-refractivity contribution in [2.45, 2.75) is 26.1 Å². The first-order chi connectivity index (χ1) is 6.09. The maximum absolute atomic E-state index is 11.3. The van der Waals surface area contributed by atoms with Gasteiger partial charge < -0.3 is 4.57 Å². The Morgan fingerprint density at radius 3 is 2.69 bits per heavy atom. The van der Waals surface area contributed by atoms with Crippen molar-refractivity contribution >= 4 is 9.84 Å². The monoisotopic (exact) mass is 202 g/mol. The van der Waals surface area contributed by atoms with Crippen molar-refractivity contribution in [1.29, 1.82) is 0 Å². The van der Waals surface area contributed by atoms with Crippen molar-refractivity contribution in [2.24, 2.45) is 0 Å². The summed E-state index contributed by atoms with van der Waals surface area (Å²) in [5.74, 6) is 0.277. The van der Waals surface area contributed by atoms with Gasteiger partial charge in [-0.25, -0.2) is 13.4 Å². The number of nitrogens with zero attached hydrogens (tertiary/aromatic N) is 2. The first-order valence-corrected chi connectivity index (χ1v) is 6.10. The van der Waals surface area contributed by atoms with E-state index >= 15 is 0 Å². The quantitative estimate of drug-likeness (QED) is 0.727. The number of aryl methyl sites for hydroxylation is 1. The molecule has 74 valence electrons. The number of hydrogen-bond donors (Lipinski definition) is 0. The Hall–Kier alpha value is -0.840. The van der Waals surface area contributed by atoms with Gasteiger partial charge in [0.2, 0.25) is 0 Å². The molecule has 1 heterocycles. The predicted octanol–water partition coefficient (Wildman–Crippen LogP) is 0.838. The third-order valence-electron chi connectivity index (χ3n) is 1.95. The molecule has 0 atom stereocenters. The first-order valence-electron chi connectivity index (χ1n) is 4.28. The highest BCUT2D eigenvalue weighted by molar-refractivity contribution is 7.90. The maximum atomic E-state index is 11.3. The largest absolute Gasteiger partial charge is 0.334 e. The zero-order chi connectivity index (χ0) is 9.90. The third kappa shape index (κ3) is 2.55. The normalized spacial score (nSPS) is 11.8. The molecule has 5 heteroatoms. The van der Waals surface area contributed by atoms with E-state index in [9.17, 15) is 8.42 Å². The van der Waals surface area contributed by atoms with E-state index in [4.69, 9.17) is 0 Å². The van der Waals surface area contributed by atoms with Crippen molar-refractivity contribution in [3.63, 3.8) is 0 Å². The molecule has 1 rings (SSSR count). The van der Waals surface area contributed by atoms with E-state index in [1.54, 1.807) is 19.4 Å². The van der Waals surface area contributed by atoms with Gasteiger partial charge >= 0.3 is 0 Å². The lowest BCUT2D eigenvalue weighted by molar-refractivity contribution is 0.593. The molecule has 0 unspecified atom stereocenters. The Morgan fingerprint density at radius 1 is 1.46 bits per heavy atom. The second kappa shape index (κ2) is 3.91. The van der Waals surface area contributed by atoms with E-state index in [1.807, 2.05) is 11.5 Å². The van der Waals surface area contributed by atoms with Crippen LogP contribution in [0.25, 0.3) is 0 Å². The van der Waals surface area contributed by atoms with Crippen LogP contribution in [0.1, 0.15) is 19.5 Å². The van der Waals surface area contributed by atoms with Crippen molar-refractivity contribution in [1.82, 2.24) is 9.55 Å². The molecule has 0 aliphatic heterocycles. The number of imidazole rings is 1. The maximum Gasteiger partial charge on any atom is 0.155 e. The average molecular weight is 202 g/mol. The molecule has 0 aromatic carbocycles. The fraction of sp³-hybridized carbons (Fsp3) is 0.625. The summed E-state index contributed by atoms with van der Waals surface area (Å²) in [5.41, 5.74) is 0.768. The molecule has 0 saturated heterocycles. The van der Waals surface area contributed by atoms with Crippen LogP contribution in [0.5, 0.6) is 0 Å². The lowest BCUT2D eigenvalue weighted by Crippen LogP contribution is -2.10. The Balaban J connectivity index is 2.86. The summed E-state index contributed by atoms with van der Waals surface area (Å²) >= 11 is 0. The highest BCUT2D eigenvalue weighted by Crippen LogP contribution is 2.05. The fourth-order valence-corrected chi connectivity index (χ4v) is 1.98. The van der Waals surface area contributed by atoms with E-state index < -0.39 is 9.84 Å². The molecule has 0 aliphatic carbocycles. The molecule has 0 N–H and O–H groups in total. The molecule has 1 aromatic rings. The van der Waals surface area contributed by atoms with E-state index in [1.165, 1.54) is 0 Å². The molecular weight excluding hydrogens is 188 g/mol. The van der Waals surface area contributed by atoms with Crippen molar-refractivity contribution in [3.8, 4) is 0 Å². The van der Waals surface area contributed by atoms with Gasteiger partial charge in [-0.15, -0.1) is 0 Å². The first kappa shape index (κ1) is 10.2. The zero-order valence-electron chi connectivity index (χ0n) is 7.90. The molecule has 1 aromatic heterocycles. The summed E-state index contributed by atoms with van der Waals surface area (Å²) < 4.78 is 24.4. The molecule has 0 amide bonds. The topological polar surface area (TPSA) is 52.0 Å². The average Bonchev–Trinajstić information content (AvgIpc) is 2.51. The van der Waals surface area contributed by atoms with Gasteiger partial charge in [-0.1, -0.05) is 6.92 Å². The minimum absolute atomic E-state index is 0.0946. The van der Waals surface area contributed by atoms with Crippen molar-refractivity contribution in [2.75, 3.05) is 5.75 Å². The molecule has 0 fully saturated rings. The summed E-state index contributed by atoms with van der Waals surface area (Å²) in [6, 6.07) is 0. The van der Waals surface area contributed by atoms with Crippen LogP contribution in [0.15, 0.2) is 12.5 Å². The second-order valence-corrected chi connectivity index (χ2v) is 5.20. The summed E-state index contributed by atoms with van der Waals surface area (Å²) in [7, 11) is -2.94. The van der Waals surface area contributed by atoms with Gasteiger partial charge in [0.15, 0.2) is 9.84 Å². The van der Waals surface area contributed by atoms with Gasteiger partial charge in [0, 0.05) is 18.5 Å². The van der Waals surface area contributed by atoms with Gasteiger partial charge in [0.1, 0.15) is 0 Å². The predicted molar refractivity (Wildman–Crippen MR) is 51.1 cm³/mol. The minimum atomic E-state index is -2.94. The molecule has 4 nitrogen and oxygen atoms in total. The van der Waals surface area contributed by atoms with Gasteiger partial charge in [0.05, 0.1) is 17.8 Å². The lowest BCUT2D eigenvalue weighted by Gasteiger charge is -2.04. The minimum Gasteiger partial charge on any atom is -0.334 e. The Morgan fingerprint density at radius 2 is 2.15 bits per heavy atom. The van der Waals surface area contributed by atoms with Crippen LogP contribution in [-0.2, 0) is 22.1 Å². The smallest absolute Gasteiger partial charge is 0.155 e. The van der Waals surface area contributed by atoms with Gasteiger partial charge in [0.25, 0.3) is 0 Å². The molecule has 13 heavy (non-hydrogen) atoms. The lowest BCUT2D eigenvalue weighted by atomic mass is 10.5. The van der Waals surface area contributed by atoms with Gasteiger partial charge in [-0.05, 0) is 6.92 Å². The van der Waals surface area contributed by atoms with Crippen LogP contribution in [0, 0.1) is 0 Å². The van der Waals surface area contributed by atoms with Crippen LogP contribution in [0.3, 0.4) is 0 Å². The van der Waals surface area contributed by atoms with Gasteiger partial charge in [-0.3, -0.25) is 0 Å². The Kier molecular flexibility index (Phi) is 3.08. The summed E-state index contributed by atoms with van der Waals surface area (Å²) in [5, 5.41) is 0. The van der Waals surface area contributed by atoms with E-state index in [2.05, 4.69) is 4.98 Å². The highest BCUT2D eigenvalue weighted by Gasteiger charge is 2.11. The van der Waals surface area contributed by atoms with E-state index in [0.717, 1.165) is 12.2 Å². The molecule has 0 saturated carbocycles. The summed E-state index contributed by atoms with van der Waals surface area (Å²) in [4.78, 5) is 3.91. The van der Waals surface area contributed by atoms with Crippen LogP contribution in [-0.4, -0.2) is 23.7 Å². The summed E-state index contributed by atoms with van der Waals surface area (Å²) in [6.45, 7) is 4.38. The molecular formula is C8H14N2O2S. The Bertz CT molecular complexity index is 367. The molecule has 0 bridgehead atoms. The van der Waals surface area contributed by atoms with E-state index in [-0.39, 0.29) is 11.5 Å². The van der Waals surface area contributed by atoms with Gasteiger partial charge in [-0.2, -0.15) is 0 Å². The second-order valence-electron chi connectivity index (χ2n) is 2.85. The summed E-state index contributed by atoms with van der Waals surface area (Å²) in [6.07, 6.45) is 3.26.